The Kier molecular flexibility index (Phi) is 3.21. The maximum atomic E-state index is 4.89. The Bertz CT molecular complexity index is 71.2. The minimum atomic E-state index is 0.144. The molecule has 0 aromatic carbocycles. The van der Waals surface area contributed by atoms with E-state index in [-0.39, 0.29) is 5.11 Å². The second-order valence-corrected chi connectivity index (χ2v) is 1.24. The fraction of sp³-hybridized carbons (Fsp3) is 0. The molecule has 0 rings (SSSR count). The summed E-state index contributed by atoms with van der Waals surface area (Å²) in [5.74, 6) is 0. The Morgan fingerprint density at radius 1 is 2.00 bits per heavy atom. The van der Waals surface area contributed by atoms with Gasteiger partial charge in [0.2, 0.25) is 0 Å². The average Bonchev–Trinajstić information content (AvgIpc) is 1.35. The zero-order valence-corrected chi connectivity index (χ0v) is 4.71. The third-order valence-electron chi connectivity index (χ3n) is 0.150. The second-order valence-electron chi connectivity index (χ2n) is 0.555. The Labute approximate surface area is 48.9 Å². The fourth-order valence-corrected chi connectivity index (χ4v) is 0.294. The molecule has 0 atom stereocenters. The van der Waals surface area contributed by atoms with Gasteiger partial charge in [-0.2, -0.15) is 0 Å². The van der Waals surface area contributed by atoms with Gasteiger partial charge in [0.1, 0.15) is 0 Å². The number of hydrogen-bond donors (Lipinski definition) is 2. The van der Waals surface area contributed by atoms with Crippen LogP contribution in [0.25, 0.3) is 0 Å². The van der Waals surface area contributed by atoms with Crippen LogP contribution in [0.1, 0.15) is 0 Å². The summed E-state index contributed by atoms with van der Waals surface area (Å²) in [5, 5.41) is 0.144. The van der Waals surface area contributed by atoms with Crippen LogP contribution in [0.15, 0.2) is 4.07 Å². The van der Waals surface area contributed by atoms with E-state index in [0.717, 1.165) is 0 Å². The Hall–Kier alpha value is 0.00948. The van der Waals surface area contributed by atoms with Crippen LogP contribution < -0.4 is 11.2 Å². The number of nitrogens with one attached hydrogen (secondary N) is 1. The summed E-state index contributed by atoms with van der Waals surface area (Å²) in [5.41, 5.74) is 7.12. The van der Waals surface area contributed by atoms with Crippen molar-refractivity contribution in [1.29, 1.82) is 0 Å². The van der Waals surface area contributed by atoms with E-state index in [1.807, 2.05) is 0 Å². The topological polar surface area (TPSA) is 50.4 Å². The second kappa shape index (κ2) is 3.21. The molecule has 0 unspecified atom stereocenters. The van der Waals surface area contributed by atoms with Gasteiger partial charge in [-0.05, 0) is 0 Å². The Balaban J connectivity index is 3.05. The summed E-state index contributed by atoms with van der Waals surface area (Å²) in [7, 11) is 0. The van der Waals surface area contributed by atoms with Crippen molar-refractivity contribution in [2.24, 2.45) is 9.80 Å². The van der Waals surface area contributed by atoms with Crippen molar-refractivity contribution in [3.8, 4) is 0 Å². The number of rotatable bonds is 1. The summed E-state index contributed by atoms with van der Waals surface area (Å²) in [4.78, 5) is 0. The standard InChI is InChI=1S/CH3N3S.Fe/c2-1(5)4-3;/h(H3,2,4,5);. The summed E-state index contributed by atoms with van der Waals surface area (Å²) in [6.07, 6.45) is 0. The van der Waals surface area contributed by atoms with Gasteiger partial charge in [-0.15, -0.1) is 0 Å². The molecule has 3 nitrogen and oxygen atoms in total. The molecule has 0 saturated heterocycles. The van der Waals surface area contributed by atoms with Crippen LogP contribution in [0.4, 0.5) is 0 Å². The minimum absolute atomic E-state index is 0.144. The molecular formula is CH3FeN3S. The molecule has 0 bridgehead atoms. The van der Waals surface area contributed by atoms with E-state index in [1.54, 1.807) is 0 Å². The molecule has 3 N–H and O–H groups in total. The van der Waals surface area contributed by atoms with Crippen LogP contribution >= 0.6 is 12.2 Å². The molecule has 0 radical (unpaired) electrons. The van der Waals surface area contributed by atoms with E-state index < -0.39 is 0 Å². The van der Waals surface area contributed by atoms with Gasteiger partial charge in [-0.3, -0.25) is 0 Å². The summed E-state index contributed by atoms with van der Waals surface area (Å²) in [6, 6.07) is 0. The van der Waals surface area contributed by atoms with Gasteiger partial charge < -0.3 is 0 Å². The van der Waals surface area contributed by atoms with Crippen molar-refractivity contribution in [1.82, 2.24) is 5.43 Å². The first-order chi connectivity index (χ1) is 2.77. The molecule has 0 aromatic rings. The molecule has 0 saturated carbocycles. The van der Waals surface area contributed by atoms with Crippen LogP contribution in [0.2, 0.25) is 0 Å². The maximum absolute atomic E-state index is 4.89. The molecule has 0 heterocycles. The van der Waals surface area contributed by atoms with Crippen molar-refractivity contribution in [3.05, 3.63) is 0 Å². The first kappa shape index (κ1) is 6.01. The van der Waals surface area contributed by atoms with E-state index in [1.165, 1.54) is 0 Å². The van der Waals surface area contributed by atoms with Gasteiger partial charge in [0.25, 0.3) is 0 Å². The van der Waals surface area contributed by atoms with Crippen LogP contribution in [-0.4, -0.2) is 5.11 Å². The molecule has 6 heavy (non-hydrogen) atoms. The van der Waals surface area contributed by atoms with Crippen molar-refractivity contribution >= 4 is 17.3 Å². The summed E-state index contributed by atoms with van der Waals surface area (Å²) < 4.78 is 3.17. The van der Waals surface area contributed by atoms with Crippen molar-refractivity contribution < 1.29 is 15.8 Å². The van der Waals surface area contributed by atoms with E-state index in [0.29, 0.717) is 0 Å². The predicted molar refractivity (Wildman–Crippen MR) is 22.3 cm³/mol. The predicted octanol–water partition coefficient (Wildman–Crippen LogP) is -0.535. The number of thiocarbonyl (C=S) groups is 1. The zero-order valence-electron chi connectivity index (χ0n) is 2.79. The molecular weight excluding hydrogens is 142 g/mol. The van der Waals surface area contributed by atoms with Gasteiger partial charge in [0.05, 0.1) is 0 Å². The first-order valence-corrected chi connectivity index (χ1v) is 2.03. The molecule has 0 aromatic heterocycles. The third-order valence-corrected chi connectivity index (χ3v) is 0.364. The zero-order chi connectivity index (χ0) is 4.99. The first-order valence-electron chi connectivity index (χ1n) is 1.12. The molecule has 5 heteroatoms. The van der Waals surface area contributed by atoms with Crippen molar-refractivity contribution in [2.45, 2.75) is 0 Å². The van der Waals surface area contributed by atoms with Crippen LogP contribution in [0.3, 0.4) is 0 Å². The fourth-order valence-electron chi connectivity index (χ4n) is 0.0390. The molecule has 0 spiro atoms. The van der Waals surface area contributed by atoms with Crippen LogP contribution in [0, 0.1) is 0 Å². The number of nitrogens with zero attached hydrogens (tertiary/aromatic N) is 1. The van der Waals surface area contributed by atoms with Gasteiger partial charge >= 0.3 is 48.4 Å². The monoisotopic (exact) mass is 145 g/mol. The molecule has 36 valence electrons. The number of hydrogen-bond acceptors (Lipinski definition) is 2. The Morgan fingerprint density at radius 3 is 2.50 bits per heavy atom. The van der Waals surface area contributed by atoms with Gasteiger partial charge in [0, 0.05) is 0 Å². The summed E-state index contributed by atoms with van der Waals surface area (Å²) in [6.45, 7) is 0. The normalized spacial score (nSPS) is 6.83. The quantitative estimate of drug-likeness (QED) is 0.296. The molecule has 0 fully saturated rings. The van der Waals surface area contributed by atoms with Gasteiger partial charge in [0.15, 0.2) is 0 Å². The van der Waals surface area contributed by atoms with E-state index in [2.05, 4.69) is 37.5 Å². The number of nitrogens with two attached hydrogens (primary N) is 1. The molecule has 0 aliphatic rings. The van der Waals surface area contributed by atoms with E-state index in [4.69, 9.17) is 5.73 Å². The van der Waals surface area contributed by atoms with Crippen molar-refractivity contribution in [3.63, 3.8) is 0 Å². The molecule has 0 aliphatic heterocycles. The SMILES string of the molecule is NC(=S)N[N]=[Fe]. The molecule has 0 aliphatic carbocycles. The van der Waals surface area contributed by atoms with Crippen LogP contribution in [0.5, 0.6) is 0 Å². The van der Waals surface area contributed by atoms with Crippen LogP contribution in [-0.2, 0) is 15.8 Å². The molecule has 0 amide bonds. The average molecular weight is 145 g/mol. The van der Waals surface area contributed by atoms with E-state index >= 15 is 0 Å². The van der Waals surface area contributed by atoms with Gasteiger partial charge in [-0.1, -0.05) is 0 Å². The third kappa shape index (κ3) is 4.01. The van der Waals surface area contributed by atoms with Gasteiger partial charge in [-0.25, -0.2) is 0 Å². The van der Waals surface area contributed by atoms with E-state index in [9.17, 15) is 0 Å². The Morgan fingerprint density at radius 2 is 2.50 bits per heavy atom. The summed E-state index contributed by atoms with van der Waals surface area (Å²) >= 11 is 7.40. The van der Waals surface area contributed by atoms with Crippen molar-refractivity contribution in [2.75, 3.05) is 0 Å².